The van der Waals surface area contributed by atoms with Crippen molar-refractivity contribution in [3.8, 4) is 0 Å². The lowest BCUT2D eigenvalue weighted by atomic mass is 10.0. The Balaban J connectivity index is 2.03. The molecule has 1 aromatic heterocycles. The lowest BCUT2D eigenvalue weighted by Crippen LogP contribution is -2.35. The smallest absolute Gasteiger partial charge is 0.434 e. The van der Waals surface area contributed by atoms with Crippen LogP contribution in [0.4, 0.5) is 18.0 Å². The summed E-state index contributed by atoms with van der Waals surface area (Å²) in [5.41, 5.74) is 5.61. The molecule has 0 bridgehead atoms. The van der Waals surface area contributed by atoms with Gasteiger partial charge in [0.1, 0.15) is 6.04 Å². The fourth-order valence-corrected chi connectivity index (χ4v) is 2.76. The van der Waals surface area contributed by atoms with Crippen LogP contribution in [0, 0.1) is 0 Å². The number of nitrogens with two attached hydrogens (primary N) is 1. The SMILES string of the molecule is NC(=O)C1CN([C@H](c2ccc(Cl)cc2)c2cnc(C(F)(F)F)[nH]2)C(=O)O1. The number of imidazole rings is 1. The normalized spacial score (nSPS) is 18.7. The summed E-state index contributed by atoms with van der Waals surface area (Å²) in [6.07, 6.45) is -5.77. The van der Waals surface area contributed by atoms with Crippen molar-refractivity contribution in [3.63, 3.8) is 0 Å². The molecule has 1 saturated heterocycles. The number of aromatic nitrogens is 2. The van der Waals surface area contributed by atoms with Crippen molar-refractivity contribution in [2.45, 2.75) is 18.3 Å². The third-order valence-electron chi connectivity index (χ3n) is 3.81. The van der Waals surface area contributed by atoms with Gasteiger partial charge in [-0.3, -0.25) is 9.69 Å². The Hall–Kier alpha value is -2.75. The van der Waals surface area contributed by atoms with Crippen LogP contribution in [-0.4, -0.2) is 39.5 Å². The van der Waals surface area contributed by atoms with Crippen molar-refractivity contribution in [2.24, 2.45) is 5.73 Å². The summed E-state index contributed by atoms with van der Waals surface area (Å²) in [5, 5.41) is 0.409. The fraction of sp³-hybridized carbons (Fsp3) is 0.267. The van der Waals surface area contributed by atoms with Crippen LogP contribution >= 0.6 is 11.6 Å². The van der Waals surface area contributed by atoms with Gasteiger partial charge in [0.15, 0.2) is 6.10 Å². The van der Waals surface area contributed by atoms with Crippen molar-refractivity contribution in [2.75, 3.05) is 6.54 Å². The Morgan fingerprint density at radius 3 is 2.54 bits per heavy atom. The van der Waals surface area contributed by atoms with E-state index in [9.17, 15) is 22.8 Å². The molecule has 1 fully saturated rings. The first-order valence-corrected chi connectivity index (χ1v) is 7.68. The topological polar surface area (TPSA) is 101 Å². The highest BCUT2D eigenvalue weighted by atomic mass is 35.5. The average molecular weight is 389 g/mol. The number of hydrogen-bond acceptors (Lipinski definition) is 4. The second-order valence-electron chi connectivity index (χ2n) is 5.57. The van der Waals surface area contributed by atoms with Crippen LogP contribution in [0.2, 0.25) is 5.02 Å². The van der Waals surface area contributed by atoms with E-state index in [2.05, 4.69) is 9.97 Å². The van der Waals surface area contributed by atoms with Gasteiger partial charge in [-0.1, -0.05) is 23.7 Å². The van der Waals surface area contributed by atoms with Crippen LogP contribution in [0.3, 0.4) is 0 Å². The molecule has 3 rings (SSSR count). The molecule has 0 aliphatic carbocycles. The number of hydrogen-bond donors (Lipinski definition) is 2. The zero-order chi connectivity index (χ0) is 19.1. The zero-order valence-electron chi connectivity index (χ0n) is 13.0. The lowest BCUT2D eigenvalue weighted by Gasteiger charge is -2.25. The van der Waals surface area contributed by atoms with Gasteiger partial charge >= 0.3 is 12.3 Å². The number of carbonyl (C=O) groups excluding carboxylic acids is 2. The Kier molecular flexibility index (Phi) is 4.53. The van der Waals surface area contributed by atoms with E-state index in [-0.39, 0.29) is 12.2 Å². The van der Waals surface area contributed by atoms with Gasteiger partial charge in [0, 0.05) is 5.02 Å². The minimum Gasteiger partial charge on any atom is -0.434 e. The maximum atomic E-state index is 12.9. The molecular weight excluding hydrogens is 377 g/mol. The van der Waals surface area contributed by atoms with Gasteiger partial charge in [-0.05, 0) is 17.7 Å². The Bertz CT molecular complexity index is 837. The average Bonchev–Trinajstić information content (AvgIpc) is 3.17. The van der Waals surface area contributed by atoms with E-state index in [1.807, 2.05) is 0 Å². The molecule has 7 nitrogen and oxygen atoms in total. The molecule has 1 aromatic carbocycles. The van der Waals surface area contributed by atoms with Crippen LogP contribution in [-0.2, 0) is 15.7 Å². The Labute approximate surface area is 149 Å². The first-order valence-electron chi connectivity index (χ1n) is 7.31. The summed E-state index contributed by atoms with van der Waals surface area (Å²) >= 11 is 5.84. The van der Waals surface area contributed by atoms with E-state index in [1.165, 1.54) is 12.1 Å². The van der Waals surface area contributed by atoms with Gasteiger partial charge in [-0.2, -0.15) is 13.2 Å². The molecule has 2 amide bonds. The fourth-order valence-electron chi connectivity index (χ4n) is 2.63. The Morgan fingerprint density at radius 1 is 1.38 bits per heavy atom. The summed E-state index contributed by atoms with van der Waals surface area (Å²) in [6, 6.07) is 5.15. The summed E-state index contributed by atoms with van der Waals surface area (Å²) in [5.74, 6) is -2.05. The number of carbonyl (C=O) groups is 2. The molecule has 26 heavy (non-hydrogen) atoms. The number of ether oxygens (including phenoxy) is 1. The molecular formula is C15H12ClF3N4O3. The van der Waals surface area contributed by atoms with E-state index in [1.54, 1.807) is 12.1 Å². The molecule has 1 unspecified atom stereocenters. The number of aromatic amines is 1. The van der Waals surface area contributed by atoms with Gasteiger partial charge in [-0.25, -0.2) is 9.78 Å². The largest absolute Gasteiger partial charge is 0.449 e. The second kappa shape index (κ2) is 6.52. The van der Waals surface area contributed by atoms with Crippen LogP contribution in [0.15, 0.2) is 30.5 Å². The predicted octanol–water partition coefficient (Wildman–Crippen LogP) is 2.48. The number of nitrogens with one attached hydrogen (secondary N) is 1. The molecule has 1 aliphatic heterocycles. The standard InChI is InChI=1S/C15H12ClF3N4O3/c16-8-3-1-7(2-4-8)11(9-5-21-13(22-9)15(17,18)19)23-6-10(12(20)24)26-14(23)25/h1-5,10-11H,6H2,(H2,20,24)(H,21,22)/t10?,11-/m1/s1. The number of H-pyrrole nitrogens is 1. The minimum atomic E-state index is -4.68. The van der Waals surface area contributed by atoms with Gasteiger partial charge in [0.05, 0.1) is 18.4 Å². The highest BCUT2D eigenvalue weighted by Gasteiger charge is 2.42. The van der Waals surface area contributed by atoms with Crippen molar-refractivity contribution < 1.29 is 27.5 Å². The predicted molar refractivity (Wildman–Crippen MR) is 83.1 cm³/mol. The number of cyclic esters (lactones) is 1. The molecule has 11 heteroatoms. The van der Waals surface area contributed by atoms with Crippen LogP contribution in [0.25, 0.3) is 0 Å². The molecule has 138 valence electrons. The number of amides is 2. The third-order valence-corrected chi connectivity index (χ3v) is 4.07. The zero-order valence-corrected chi connectivity index (χ0v) is 13.7. The molecule has 2 heterocycles. The van der Waals surface area contributed by atoms with Crippen molar-refractivity contribution in [1.82, 2.24) is 14.9 Å². The summed E-state index contributed by atoms with van der Waals surface area (Å²) in [4.78, 5) is 30.1. The number of nitrogens with zero attached hydrogens (tertiary/aromatic N) is 2. The van der Waals surface area contributed by atoms with E-state index in [0.717, 1.165) is 11.1 Å². The van der Waals surface area contributed by atoms with Crippen LogP contribution in [0.1, 0.15) is 23.1 Å². The van der Waals surface area contributed by atoms with Crippen LogP contribution in [0.5, 0.6) is 0 Å². The van der Waals surface area contributed by atoms with Crippen LogP contribution < -0.4 is 5.73 Å². The maximum absolute atomic E-state index is 12.9. The first kappa shape index (κ1) is 18.1. The van der Waals surface area contributed by atoms with E-state index in [0.29, 0.717) is 10.6 Å². The number of halogens is 4. The number of alkyl halides is 3. The molecule has 0 saturated carbocycles. The first-order chi connectivity index (χ1) is 12.2. The van der Waals surface area contributed by atoms with Gasteiger partial charge in [0.2, 0.25) is 5.82 Å². The van der Waals surface area contributed by atoms with E-state index >= 15 is 0 Å². The lowest BCUT2D eigenvalue weighted by molar-refractivity contribution is -0.144. The highest BCUT2D eigenvalue weighted by molar-refractivity contribution is 6.30. The molecule has 1 aliphatic rings. The van der Waals surface area contributed by atoms with Gasteiger partial charge < -0.3 is 15.5 Å². The second-order valence-corrected chi connectivity index (χ2v) is 6.00. The quantitative estimate of drug-likeness (QED) is 0.840. The molecule has 2 atom stereocenters. The highest BCUT2D eigenvalue weighted by Crippen LogP contribution is 2.34. The molecule has 3 N–H and O–H groups in total. The summed E-state index contributed by atoms with van der Waals surface area (Å²) in [6.45, 7) is -0.207. The van der Waals surface area contributed by atoms with Crippen molar-refractivity contribution >= 4 is 23.6 Å². The number of primary amides is 1. The third kappa shape index (κ3) is 3.45. The minimum absolute atomic E-state index is 0.00159. The van der Waals surface area contributed by atoms with Crippen molar-refractivity contribution in [1.29, 1.82) is 0 Å². The Morgan fingerprint density at radius 2 is 2.04 bits per heavy atom. The summed E-state index contributed by atoms with van der Waals surface area (Å²) in [7, 11) is 0. The van der Waals surface area contributed by atoms with Gasteiger partial charge in [0.25, 0.3) is 5.91 Å². The summed E-state index contributed by atoms with van der Waals surface area (Å²) < 4.78 is 43.5. The van der Waals surface area contributed by atoms with E-state index in [4.69, 9.17) is 22.1 Å². The van der Waals surface area contributed by atoms with E-state index < -0.39 is 36.1 Å². The number of rotatable bonds is 4. The van der Waals surface area contributed by atoms with Crippen molar-refractivity contribution in [3.05, 3.63) is 52.6 Å². The monoisotopic (exact) mass is 388 g/mol. The maximum Gasteiger partial charge on any atom is 0.449 e. The molecule has 2 aromatic rings. The number of benzene rings is 1. The molecule has 0 spiro atoms. The molecule has 0 radical (unpaired) electrons. The van der Waals surface area contributed by atoms with Gasteiger partial charge in [-0.15, -0.1) is 0 Å².